The number of carbonyl (C=O) groups is 2. The SMILES string of the molecule is CC1Oc2ccc([N+](=O)[O-])cc2N(Cc2ccc(C(=O)O)cc2)C1=O. The Morgan fingerprint density at radius 1 is 1.28 bits per heavy atom. The van der Waals surface area contributed by atoms with E-state index in [9.17, 15) is 19.7 Å². The van der Waals surface area contributed by atoms with Crippen molar-refractivity contribution in [2.24, 2.45) is 0 Å². The first-order valence-electron chi connectivity index (χ1n) is 7.45. The molecule has 0 fully saturated rings. The van der Waals surface area contributed by atoms with E-state index in [2.05, 4.69) is 0 Å². The van der Waals surface area contributed by atoms with Crippen molar-refractivity contribution in [2.45, 2.75) is 19.6 Å². The second-order valence-corrected chi connectivity index (χ2v) is 5.60. The van der Waals surface area contributed by atoms with Crippen LogP contribution in [0, 0.1) is 10.1 Å². The molecule has 1 unspecified atom stereocenters. The lowest BCUT2D eigenvalue weighted by Crippen LogP contribution is -2.44. The number of hydrogen-bond acceptors (Lipinski definition) is 5. The lowest BCUT2D eigenvalue weighted by molar-refractivity contribution is -0.384. The van der Waals surface area contributed by atoms with Gasteiger partial charge in [-0.2, -0.15) is 0 Å². The van der Waals surface area contributed by atoms with Crippen molar-refractivity contribution in [3.63, 3.8) is 0 Å². The maximum atomic E-state index is 12.5. The third-order valence-corrected chi connectivity index (χ3v) is 3.90. The van der Waals surface area contributed by atoms with E-state index in [1.165, 1.54) is 35.2 Å². The van der Waals surface area contributed by atoms with Gasteiger partial charge in [0.2, 0.25) is 0 Å². The number of non-ortho nitro benzene ring substituents is 1. The molecule has 2 aromatic rings. The fourth-order valence-corrected chi connectivity index (χ4v) is 2.61. The number of rotatable bonds is 4. The number of ether oxygens (including phenoxy) is 1. The first kappa shape index (κ1) is 16.4. The molecule has 1 amide bonds. The van der Waals surface area contributed by atoms with Gasteiger partial charge >= 0.3 is 5.97 Å². The lowest BCUT2D eigenvalue weighted by atomic mass is 10.1. The molecule has 0 aromatic heterocycles. The molecular weight excluding hydrogens is 328 g/mol. The van der Waals surface area contributed by atoms with Gasteiger partial charge < -0.3 is 14.7 Å². The molecule has 8 nitrogen and oxygen atoms in total. The van der Waals surface area contributed by atoms with Gasteiger partial charge in [0.25, 0.3) is 11.6 Å². The Bertz CT molecular complexity index is 862. The average Bonchev–Trinajstić information content (AvgIpc) is 2.59. The van der Waals surface area contributed by atoms with Gasteiger partial charge in [-0.25, -0.2) is 4.79 Å². The van der Waals surface area contributed by atoms with Crippen LogP contribution in [0.5, 0.6) is 5.75 Å². The fourth-order valence-electron chi connectivity index (χ4n) is 2.61. The highest BCUT2D eigenvalue weighted by Crippen LogP contribution is 2.37. The summed E-state index contributed by atoms with van der Waals surface area (Å²) < 4.78 is 5.51. The molecular formula is C17H14N2O6. The molecule has 1 heterocycles. The molecule has 3 rings (SSSR count). The van der Waals surface area contributed by atoms with Crippen LogP contribution in [0.3, 0.4) is 0 Å². The number of nitrogens with zero attached hydrogens (tertiary/aromatic N) is 2. The van der Waals surface area contributed by atoms with Crippen molar-refractivity contribution in [2.75, 3.05) is 4.90 Å². The molecule has 1 N–H and O–H groups in total. The molecule has 0 aliphatic carbocycles. The zero-order chi connectivity index (χ0) is 18.1. The Hall–Kier alpha value is -3.42. The zero-order valence-corrected chi connectivity index (χ0v) is 13.2. The van der Waals surface area contributed by atoms with Crippen molar-refractivity contribution in [3.8, 4) is 5.75 Å². The number of amides is 1. The minimum Gasteiger partial charge on any atom is -0.479 e. The van der Waals surface area contributed by atoms with Crippen LogP contribution in [-0.4, -0.2) is 28.0 Å². The van der Waals surface area contributed by atoms with E-state index in [4.69, 9.17) is 9.84 Å². The Morgan fingerprint density at radius 2 is 1.96 bits per heavy atom. The largest absolute Gasteiger partial charge is 0.479 e. The smallest absolute Gasteiger partial charge is 0.335 e. The predicted molar refractivity (Wildman–Crippen MR) is 87.8 cm³/mol. The number of benzene rings is 2. The molecule has 0 spiro atoms. The summed E-state index contributed by atoms with van der Waals surface area (Å²) in [4.78, 5) is 35.3. The third kappa shape index (κ3) is 3.14. The second-order valence-electron chi connectivity index (χ2n) is 5.60. The zero-order valence-electron chi connectivity index (χ0n) is 13.2. The number of anilines is 1. The summed E-state index contributed by atoms with van der Waals surface area (Å²) >= 11 is 0. The molecule has 1 aliphatic heterocycles. The Morgan fingerprint density at radius 3 is 2.56 bits per heavy atom. The minimum atomic E-state index is -1.04. The van der Waals surface area contributed by atoms with Crippen molar-refractivity contribution in [3.05, 3.63) is 63.7 Å². The molecule has 2 aromatic carbocycles. The van der Waals surface area contributed by atoms with Gasteiger partial charge in [0.05, 0.1) is 22.7 Å². The van der Waals surface area contributed by atoms with Crippen LogP contribution in [-0.2, 0) is 11.3 Å². The number of nitro benzene ring substituents is 1. The van der Waals surface area contributed by atoms with Gasteiger partial charge in [-0.15, -0.1) is 0 Å². The summed E-state index contributed by atoms with van der Waals surface area (Å²) in [6.07, 6.45) is -0.716. The minimum absolute atomic E-state index is 0.140. The van der Waals surface area contributed by atoms with Crippen molar-refractivity contribution >= 4 is 23.3 Å². The number of nitro groups is 1. The summed E-state index contributed by atoms with van der Waals surface area (Å²) in [6.45, 7) is 1.76. The molecule has 1 aliphatic rings. The average molecular weight is 342 g/mol. The Labute approximate surface area is 142 Å². The summed E-state index contributed by atoms with van der Waals surface area (Å²) in [5, 5.41) is 19.9. The molecule has 8 heteroatoms. The Kier molecular flexibility index (Phi) is 4.10. The summed E-state index contributed by atoms with van der Waals surface area (Å²) in [7, 11) is 0. The van der Waals surface area contributed by atoms with Gasteiger partial charge in [-0.1, -0.05) is 12.1 Å². The molecule has 128 valence electrons. The highest BCUT2D eigenvalue weighted by Gasteiger charge is 2.32. The quantitative estimate of drug-likeness (QED) is 0.675. The van der Waals surface area contributed by atoms with E-state index in [0.29, 0.717) is 17.0 Å². The first-order chi connectivity index (χ1) is 11.9. The van der Waals surface area contributed by atoms with Crippen LogP contribution in [0.1, 0.15) is 22.8 Å². The Balaban J connectivity index is 1.97. The van der Waals surface area contributed by atoms with E-state index in [0.717, 1.165) is 0 Å². The summed E-state index contributed by atoms with van der Waals surface area (Å²) in [6, 6.07) is 10.2. The lowest BCUT2D eigenvalue weighted by Gasteiger charge is -2.32. The van der Waals surface area contributed by atoms with Crippen LogP contribution >= 0.6 is 0 Å². The maximum absolute atomic E-state index is 12.5. The standard InChI is InChI=1S/C17H14N2O6/c1-10-16(20)18(9-11-2-4-12(5-3-11)17(21)22)14-8-13(19(23)24)6-7-15(14)25-10/h2-8,10H,9H2,1H3,(H,21,22). The van der Waals surface area contributed by atoms with E-state index in [1.807, 2.05) is 0 Å². The highest BCUT2D eigenvalue weighted by atomic mass is 16.6. The van der Waals surface area contributed by atoms with E-state index < -0.39 is 17.0 Å². The molecule has 0 saturated heterocycles. The number of carbonyl (C=O) groups excluding carboxylic acids is 1. The number of carboxylic acid groups (broad SMARTS) is 1. The third-order valence-electron chi connectivity index (χ3n) is 3.90. The topological polar surface area (TPSA) is 110 Å². The predicted octanol–water partition coefficient (Wildman–Crippen LogP) is 2.61. The van der Waals surface area contributed by atoms with E-state index in [-0.39, 0.29) is 23.7 Å². The highest BCUT2D eigenvalue weighted by molar-refractivity contribution is 6.00. The monoisotopic (exact) mass is 342 g/mol. The van der Waals surface area contributed by atoms with Gasteiger partial charge in [0.15, 0.2) is 6.10 Å². The molecule has 25 heavy (non-hydrogen) atoms. The molecule has 0 bridgehead atoms. The van der Waals surface area contributed by atoms with Crippen molar-refractivity contribution < 1.29 is 24.4 Å². The van der Waals surface area contributed by atoms with Gasteiger partial charge in [0.1, 0.15) is 5.75 Å². The van der Waals surface area contributed by atoms with Gasteiger partial charge in [-0.3, -0.25) is 14.9 Å². The van der Waals surface area contributed by atoms with Crippen LogP contribution in [0.2, 0.25) is 0 Å². The van der Waals surface area contributed by atoms with Gasteiger partial charge in [0, 0.05) is 12.1 Å². The van der Waals surface area contributed by atoms with Crippen LogP contribution < -0.4 is 9.64 Å². The molecule has 1 atom stereocenters. The number of carboxylic acids is 1. The summed E-state index contributed by atoms with van der Waals surface area (Å²) in [5.74, 6) is -0.973. The normalized spacial score (nSPS) is 16.1. The van der Waals surface area contributed by atoms with Crippen molar-refractivity contribution in [1.29, 1.82) is 0 Å². The van der Waals surface area contributed by atoms with Crippen LogP contribution in [0.15, 0.2) is 42.5 Å². The second kappa shape index (κ2) is 6.23. The van der Waals surface area contributed by atoms with Crippen molar-refractivity contribution in [1.82, 2.24) is 0 Å². The fraction of sp³-hybridized carbons (Fsp3) is 0.176. The van der Waals surface area contributed by atoms with Gasteiger partial charge in [-0.05, 0) is 30.7 Å². The van der Waals surface area contributed by atoms with E-state index >= 15 is 0 Å². The number of fused-ring (bicyclic) bond motifs is 1. The molecule has 0 radical (unpaired) electrons. The van der Waals surface area contributed by atoms with Crippen LogP contribution in [0.4, 0.5) is 11.4 Å². The van der Waals surface area contributed by atoms with Crippen LogP contribution in [0.25, 0.3) is 0 Å². The summed E-state index contributed by atoms with van der Waals surface area (Å²) in [5.41, 5.74) is 1.02. The first-order valence-corrected chi connectivity index (χ1v) is 7.45. The maximum Gasteiger partial charge on any atom is 0.335 e. The van der Waals surface area contributed by atoms with E-state index in [1.54, 1.807) is 19.1 Å². The molecule has 0 saturated carbocycles. The number of hydrogen-bond donors (Lipinski definition) is 1. The number of aromatic carboxylic acids is 1.